The van der Waals surface area contributed by atoms with Crippen LogP contribution in [0, 0.1) is 0 Å². The molecule has 2 aromatic carbocycles. The van der Waals surface area contributed by atoms with Crippen molar-refractivity contribution in [2.24, 2.45) is 0 Å². The van der Waals surface area contributed by atoms with Crippen LogP contribution in [0.15, 0.2) is 73.2 Å². The van der Waals surface area contributed by atoms with Crippen molar-refractivity contribution in [3.63, 3.8) is 0 Å². The van der Waals surface area contributed by atoms with Crippen molar-refractivity contribution in [1.82, 2.24) is 15.3 Å². The van der Waals surface area contributed by atoms with Crippen LogP contribution in [-0.4, -0.2) is 16.5 Å². The van der Waals surface area contributed by atoms with Gasteiger partial charge < -0.3 is 15.6 Å². The summed E-state index contributed by atoms with van der Waals surface area (Å²) in [4.78, 5) is 7.42. The van der Waals surface area contributed by atoms with Gasteiger partial charge in [0.25, 0.3) is 0 Å². The Hall–Kier alpha value is -2.82. The maximum atomic E-state index is 6.05. The lowest BCUT2D eigenvalue weighted by Gasteiger charge is -2.09. The minimum Gasteiger partial charge on any atom is -0.361 e. The molecule has 27 heavy (non-hydrogen) atoms. The Balaban J connectivity index is 1.32. The molecule has 2 aromatic heterocycles. The molecule has 0 amide bonds. The molecular formula is C22H21ClN4. The molecule has 0 saturated carbocycles. The van der Waals surface area contributed by atoms with Gasteiger partial charge in [0.2, 0.25) is 0 Å². The third kappa shape index (κ3) is 4.48. The Bertz CT molecular complexity index is 1030. The van der Waals surface area contributed by atoms with E-state index < -0.39 is 0 Å². The number of pyridine rings is 1. The van der Waals surface area contributed by atoms with E-state index in [1.807, 2.05) is 30.5 Å². The maximum Gasteiger partial charge on any atom is 0.0570 e. The summed E-state index contributed by atoms with van der Waals surface area (Å²) in [5.41, 5.74) is 5.69. The first-order chi connectivity index (χ1) is 13.3. The molecule has 136 valence electrons. The average molecular weight is 377 g/mol. The van der Waals surface area contributed by atoms with Crippen LogP contribution < -0.4 is 10.6 Å². The van der Waals surface area contributed by atoms with Crippen LogP contribution in [0.3, 0.4) is 0 Å². The third-order valence-corrected chi connectivity index (χ3v) is 4.74. The second kappa shape index (κ2) is 8.25. The van der Waals surface area contributed by atoms with Crippen LogP contribution in [0.1, 0.15) is 11.1 Å². The third-order valence-electron chi connectivity index (χ3n) is 4.51. The van der Waals surface area contributed by atoms with Crippen molar-refractivity contribution >= 4 is 33.9 Å². The molecule has 0 aliphatic carbocycles. The Morgan fingerprint density at radius 2 is 1.93 bits per heavy atom. The molecule has 0 fully saturated rings. The number of halogens is 1. The molecular weight excluding hydrogens is 356 g/mol. The largest absolute Gasteiger partial charge is 0.361 e. The van der Waals surface area contributed by atoms with Gasteiger partial charge in [-0.1, -0.05) is 29.8 Å². The molecule has 0 atom stereocenters. The Morgan fingerprint density at radius 1 is 1.00 bits per heavy atom. The summed E-state index contributed by atoms with van der Waals surface area (Å²) in [7, 11) is 0. The summed E-state index contributed by atoms with van der Waals surface area (Å²) in [6.45, 7) is 1.74. The highest BCUT2D eigenvalue weighted by atomic mass is 35.5. The van der Waals surface area contributed by atoms with Gasteiger partial charge in [0.15, 0.2) is 0 Å². The van der Waals surface area contributed by atoms with E-state index >= 15 is 0 Å². The summed E-state index contributed by atoms with van der Waals surface area (Å²) >= 11 is 6.05. The van der Waals surface area contributed by atoms with Crippen molar-refractivity contribution in [3.05, 3.63) is 89.3 Å². The van der Waals surface area contributed by atoms with E-state index in [0.717, 1.165) is 41.4 Å². The predicted octanol–water partition coefficient (Wildman–Crippen LogP) is 5.29. The van der Waals surface area contributed by atoms with Crippen LogP contribution in [0.2, 0.25) is 5.02 Å². The number of fused-ring (bicyclic) bond motifs is 1. The zero-order chi connectivity index (χ0) is 18.5. The summed E-state index contributed by atoms with van der Waals surface area (Å²) in [5, 5.41) is 8.90. The van der Waals surface area contributed by atoms with Crippen LogP contribution in [0.4, 0.5) is 11.4 Å². The van der Waals surface area contributed by atoms with E-state index in [-0.39, 0.29) is 0 Å². The average Bonchev–Trinajstić information content (AvgIpc) is 3.08. The summed E-state index contributed by atoms with van der Waals surface area (Å²) in [6.07, 6.45) is 6.63. The normalized spacial score (nSPS) is 11.0. The molecule has 2 heterocycles. The smallest absolute Gasteiger partial charge is 0.0570 e. The van der Waals surface area contributed by atoms with Gasteiger partial charge in [-0.3, -0.25) is 4.98 Å². The summed E-state index contributed by atoms with van der Waals surface area (Å²) < 4.78 is 0. The number of aromatic amines is 1. The predicted molar refractivity (Wildman–Crippen MR) is 113 cm³/mol. The number of anilines is 2. The number of nitrogens with one attached hydrogen (secondary N) is 3. The molecule has 0 radical (unpaired) electrons. The molecule has 0 bridgehead atoms. The number of H-pyrrole nitrogens is 1. The first-order valence-electron chi connectivity index (χ1n) is 9.00. The van der Waals surface area contributed by atoms with E-state index in [2.05, 4.69) is 57.1 Å². The van der Waals surface area contributed by atoms with Gasteiger partial charge in [0.1, 0.15) is 0 Å². The topological polar surface area (TPSA) is 52.7 Å². The van der Waals surface area contributed by atoms with Crippen molar-refractivity contribution in [2.75, 3.05) is 11.9 Å². The van der Waals surface area contributed by atoms with Crippen molar-refractivity contribution in [3.8, 4) is 0 Å². The highest BCUT2D eigenvalue weighted by molar-refractivity contribution is 6.31. The number of hydrogen-bond acceptors (Lipinski definition) is 3. The highest BCUT2D eigenvalue weighted by Gasteiger charge is 2.04. The fourth-order valence-electron chi connectivity index (χ4n) is 3.18. The molecule has 4 nitrogen and oxygen atoms in total. The molecule has 0 spiro atoms. The standard InChI is InChI=1S/C22H21ClN4/c23-18-6-7-21-17(14-26-22(21)12-18)8-10-25-13-16-3-1-4-19(11-16)27-20-5-2-9-24-15-20/h1-7,9,11-12,14-15,25-27H,8,10,13H2. The number of hydrogen-bond donors (Lipinski definition) is 3. The van der Waals surface area contributed by atoms with Gasteiger partial charge in [-0.05, 0) is 60.5 Å². The lowest BCUT2D eigenvalue weighted by molar-refractivity contribution is 0.688. The van der Waals surface area contributed by atoms with E-state index in [9.17, 15) is 0 Å². The van der Waals surface area contributed by atoms with Gasteiger partial charge in [0.05, 0.1) is 11.9 Å². The first kappa shape index (κ1) is 17.6. The van der Waals surface area contributed by atoms with E-state index in [4.69, 9.17) is 11.6 Å². The molecule has 0 aliphatic heterocycles. The molecule has 4 rings (SSSR count). The van der Waals surface area contributed by atoms with Gasteiger partial charge in [-0.15, -0.1) is 0 Å². The fourth-order valence-corrected chi connectivity index (χ4v) is 3.36. The fraction of sp³-hybridized carbons (Fsp3) is 0.136. The molecule has 0 saturated heterocycles. The molecule has 5 heteroatoms. The molecule has 0 aliphatic rings. The minimum atomic E-state index is 0.758. The summed E-state index contributed by atoms with van der Waals surface area (Å²) in [5.74, 6) is 0. The van der Waals surface area contributed by atoms with Gasteiger partial charge in [-0.2, -0.15) is 0 Å². The quantitative estimate of drug-likeness (QED) is 0.384. The minimum absolute atomic E-state index is 0.758. The number of benzene rings is 2. The van der Waals surface area contributed by atoms with Gasteiger partial charge >= 0.3 is 0 Å². The first-order valence-corrected chi connectivity index (χ1v) is 9.38. The Kier molecular flexibility index (Phi) is 5.37. The Morgan fingerprint density at radius 3 is 2.81 bits per heavy atom. The summed E-state index contributed by atoms with van der Waals surface area (Å²) in [6, 6.07) is 18.3. The van der Waals surface area contributed by atoms with Crippen molar-refractivity contribution in [2.45, 2.75) is 13.0 Å². The van der Waals surface area contributed by atoms with Crippen LogP contribution in [0.25, 0.3) is 10.9 Å². The van der Waals surface area contributed by atoms with Gasteiger partial charge in [0, 0.05) is 40.6 Å². The lowest BCUT2D eigenvalue weighted by Crippen LogP contribution is -2.16. The van der Waals surface area contributed by atoms with Crippen molar-refractivity contribution < 1.29 is 0 Å². The van der Waals surface area contributed by atoms with Crippen LogP contribution in [0.5, 0.6) is 0 Å². The molecule has 3 N–H and O–H groups in total. The van der Waals surface area contributed by atoms with Gasteiger partial charge in [-0.25, -0.2) is 0 Å². The number of aromatic nitrogens is 2. The zero-order valence-corrected chi connectivity index (χ0v) is 15.6. The highest BCUT2D eigenvalue weighted by Crippen LogP contribution is 2.22. The maximum absolute atomic E-state index is 6.05. The number of nitrogens with zero attached hydrogens (tertiary/aromatic N) is 1. The van der Waals surface area contributed by atoms with Crippen LogP contribution >= 0.6 is 11.6 Å². The SMILES string of the molecule is Clc1ccc2c(CCNCc3cccc(Nc4cccnc4)c3)c[nH]c2c1. The van der Waals surface area contributed by atoms with E-state index in [1.54, 1.807) is 6.20 Å². The number of rotatable bonds is 7. The van der Waals surface area contributed by atoms with Crippen LogP contribution in [-0.2, 0) is 13.0 Å². The second-order valence-electron chi connectivity index (χ2n) is 6.50. The second-order valence-corrected chi connectivity index (χ2v) is 6.93. The lowest BCUT2D eigenvalue weighted by atomic mass is 10.1. The molecule has 4 aromatic rings. The Labute approximate surface area is 163 Å². The zero-order valence-electron chi connectivity index (χ0n) is 14.9. The molecule has 0 unspecified atom stereocenters. The van der Waals surface area contributed by atoms with E-state index in [1.165, 1.54) is 16.5 Å². The monoisotopic (exact) mass is 376 g/mol. The van der Waals surface area contributed by atoms with Crippen molar-refractivity contribution in [1.29, 1.82) is 0 Å². The van der Waals surface area contributed by atoms with E-state index in [0.29, 0.717) is 0 Å².